The summed E-state index contributed by atoms with van der Waals surface area (Å²) in [5.74, 6) is -1.41. The number of hydrogen-bond acceptors (Lipinski definition) is 6. The van der Waals surface area contributed by atoms with Crippen molar-refractivity contribution >= 4 is 39.1 Å². The van der Waals surface area contributed by atoms with E-state index in [-0.39, 0.29) is 18.5 Å². The van der Waals surface area contributed by atoms with Gasteiger partial charge < -0.3 is 10.1 Å². The predicted molar refractivity (Wildman–Crippen MR) is 119 cm³/mol. The molecule has 162 valence electrons. The normalized spacial score (nSPS) is 10.8. The molecular weight excluding hydrogens is 433 g/mol. The molecule has 2 heterocycles. The second-order valence-electron chi connectivity index (χ2n) is 7.03. The van der Waals surface area contributed by atoms with Crippen LogP contribution in [0.3, 0.4) is 0 Å². The van der Waals surface area contributed by atoms with E-state index in [1.165, 1.54) is 35.2 Å². The average molecular weight is 451 g/mol. The monoisotopic (exact) mass is 451 g/mol. The molecule has 0 aliphatic heterocycles. The van der Waals surface area contributed by atoms with Crippen LogP contribution in [0, 0.1) is 12.7 Å². The molecule has 2 aromatic heterocycles. The molecule has 1 N–H and O–H groups in total. The Kier molecular flexibility index (Phi) is 6.09. The number of fused-ring (bicyclic) bond motifs is 1. The zero-order valence-corrected chi connectivity index (χ0v) is 17.8. The molecule has 0 bridgehead atoms. The molecule has 7 nitrogen and oxygen atoms in total. The summed E-state index contributed by atoms with van der Waals surface area (Å²) < 4.78 is 19.6. The predicted octanol–water partition coefficient (Wildman–Crippen LogP) is 3.90. The van der Waals surface area contributed by atoms with E-state index in [1.54, 1.807) is 6.92 Å². The summed E-state index contributed by atoms with van der Waals surface area (Å²) in [5.41, 5.74) is 1.30. The lowest BCUT2D eigenvalue weighted by molar-refractivity contribution is -0.116. The van der Waals surface area contributed by atoms with E-state index < -0.39 is 23.3 Å². The fraction of sp³-hybridized carbons (Fsp3) is 0.130. The highest BCUT2D eigenvalue weighted by molar-refractivity contribution is 7.20. The summed E-state index contributed by atoms with van der Waals surface area (Å²) in [4.78, 5) is 42.8. The first-order valence-electron chi connectivity index (χ1n) is 9.67. The Balaban J connectivity index is 1.52. The number of rotatable bonds is 6. The maximum Gasteiger partial charge on any atom is 0.349 e. The number of ether oxygens (including phenoxy) is 1. The quantitative estimate of drug-likeness (QED) is 0.449. The summed E-state index contributed by atoms with van der Waals surface area (Å²) in [6.45, 7) is 1.50. The molecule has 0 radical (unpaired) electrons. The molecular formula is C23H18FN3O4S. The van der Waals surface area contributed by atoms with E-state index in [0.29, 0.717) is 21.0 Å². The van der Waals surface area contributed by atoms with Crippen LogP contribution in [-0.2, 0) is 22.7 Å². The largest absolute Gasteiger partial charge is 0.457 e. The third-order valence-electron chi connectivity index (χ3n) is 4.76. The van der Waals surface area contributed by atoms with Gasteiger partial charge in [-0.15, -0.1) is 11.3 Å². The minimum absolute atomic E-state index is 0.120. The average Bonchev–Trinajstić information content (AvgIpc) is 3.13. The van der Waals surface area contributed by atoms with Gasteiger partial charge in [-0.1, -0.05) is 30.3 Å². The zero-order valence-electron chi connectivity index (χ0n) is 17.0. The van der Waals surface area contributed by atoms with Gasteiger partial charge in [0.05, 0.1) is 11.7 Å². The first-order chi connectivity index (χ1) is 15.4. The first kappa shape index (κ1) is 21.4. The van der Waals surface area contributed by atoms with Crippen LogP contribution >= 0.6 is 11.3 Å². The Morgan fingerprint density at radius 2 is 1.84 bits per heavy atom. The lowest BCUT2D eigenvalue weighted by Gasteiger charge is -2.07. The third kappa shape index (κ3) is 4.57. The number of halogens is 1. The van der Waals surface area contributed by atoms with E-state index in [1.807, 2.05) is 30.3 Å². The van der Waals surface area contributed by atoms with Gasteiger partial charge in [-0.3, -0.25) is 14.2 Å². The smallest absolute Gasteiger partial charge is 0.349 e. The fourth-order valence-corrected chi connectivity index (χ4v) is 4.18. The van der Waals surface area contributed by atoms with Gasteiger partial charge in [-0.05, 0) is 42.3 Å². The Hall–Kier alpha value is -3.85. The lowest BCUT2D eigenvalue weighted by atomic mass is 10.2. The van der Waals surface area contributed by atoms with Gasteiger partial charge in [0.15, 0.2) is 0 Å². The highest BCUT2D eigenvalue weighted by atomic mass is 32.1. The summed E-state index contributed by atoms with van der Waals surface area (Å²) in [6.07, 6.45) is 1.27. The third-order valence-corrected chi connectivity index (χ3v) is 5.94. The zero-order chi connectivity index (χ0) is 22.7. The molecule has 0 atom stereocenters. The molecule has 0 unspecified atom stereocenters. The summed E-state index contributed by atoms with van der Waals surface area (Å²) in [7, 11) is 0. The van der Waals surface area contributed by atoms with Crippen molar-refractivity contribution in [1.29, 1.82) is 0 Å². The van der Waals surface area contributed by atoms with Crippen LogP contribution in [-0.4, -0.2) is 21.4 Å². The number of aromatic nitrogens is 2. The molecule has 0 aliphatic carbocycles. The van der Waals surface area contributed by atoms with Crippen molar-refractivity contribution < 1.29 is 18.7 Å². The van der Waals surface area contributed by atoms with Gasteiger partial charge in [-0.25, -0.2) is 14.2 Å². The summed E-state index contributed by atoms with van der Waals surface area (Å²) in [6, 6.07) is 14.6. The van der Waals surface area contributed by atoms with Gasteiger partial charge in [-0.2, -0.15) is 0 Å². The van der Waals surface area contributed by atoms with Gasteiger partial charge in [0.2, 0.25) is 5.91 Å². The number of carbonyl (C=O) groups is 2. The number of carbonyl (C=O) groups excluding carboxylic acids is 2. The van der Waals surface area contributed by atoms with Crippen LogP contribution in [0.15, 0.2) is 65.7 Å². The second-order valence-corrected chi connectivity index (χ2v) is 8.03. The number of nitrogens with one attached hydrogen (secondary N) is 1. The Bertz CT molecular complexity index is 1350. The van der Waals surface area contributed by atoms with Crippen molar-refractivity contribution in [3.63, 3.8) is 0 Å². The van der Waals surface area contributed by atoms with E-state index in [4.69, 9.17) is 4.74 Å². The van der Waals surface area contributed by atoms with E-state index in [0.717, 1.165) is 16.9 Å². The molecule has 4 aromatic rings. The van der Waals surface area contributed by atoms with Crippen LogP contribution in [0.25, 0.3) is 10.2 Å². The van der Waals surface area contributed by atoms with Crippen molar-refractivity contribution in [2.24, 2.45) is 0 Å². The molecule has 0 aliphatic rings. The van der Waals surface area contributed by atoms with Crippen molar-refractivity contribution in [2.45, 2.75) is 20.1 Å². The maximum absolute atomic E-state index is 13.0. The standard InChI is InChI=1S/C23H18FN3O4S/c1-14-19-21(32-20(14)23(30)31-12-15-5-3-2-4-6-15)25-13-27(22(19)29)11-18(28)26-17-9-7-16(24)8-10-17/h2-10,13H,11-12H2,1H3,(H,26,28). The van der Waals surface area contributed by atoms with Gasteiger partial charge >= 0.3 is 5.97 Å². The van der Waals surface area contributed by atoms with E-state index in [2.05, 4.69) is 10.3 Å². The van der Waals surface area contributed by atoms with Crippen molar-refractivity contribution in [3.05, 3.63) is 93.1 Å². The van der Waals surface area contributed by atoms with Crippen molar-refractivity contribution in [1.82, 2.24) is 9.55 Å². The molecule has 2 aromatic carbocycles. The molecule has 9 heteroatoms. The molecule has 1 amide bonds. The van der Waals surface area contributed by atoms with Gasteiger partial charge in [0, 0.05) is 5.69 Å². The highest BCUT2D eigenvalue weighted by Gasteiger charge is 2.21. The molecule has 0 saturated heterocycles. The van der Waals surface area contributed by atoms with E-state index >= 15 is 0 Å². The van der Waals surface area contributed by atoms with Crippen LogP contribution in [0.1, 0.15) is 20.8 Å². The molecule has 0 fully saturated rings. The van der Waals surface area contributed by atoms with Crippen molar-refractivity contribution in [2.75, 3.05) is 5.32 Å². The van der Waals surface area contributed by atoms with Crippen molar-refractivity contribution in [3.8, 4) is 0 Å². The number of esters is 1. The van der Waals surface area contributed by atoms with Crippen LogP contribution in [0.2, 0.25) is 0 Å². The molecule has 0 spiro atoms. The van der Waals surface area contributed by atoms with Crippen LogP contribution in [0.5, 0.6) is 0 Å². The highest BCUT2D eigenvalue weighted by Crippen LogP contribution is 2.27. The second kappa shape index (κ2) is 9.11. The Labute approximate surface area is 186 Å². The number of anilines is 1. The van der Waals surface area contributed by atoms with Crippen LogP contribution in [0.4, 0.5) is 10.1 Å². The number of aryl methyl sites for hydroxylation is 1. The molecule has 0 saturated carbocycles. The number of amides is 1. The van der Waals surface area contributed by atoms with Crippen LogP contribution < -0.4 is 10.9 Å². The van der Waals surface area contributed by atoms with E-state index in [9.17, 15) is 18.8 Å². The fourth-order valence-electron chi connectivity index (χ4n) is 3.14. The minimum Gasteiger partial charge on any atom is -0.457 e. The molecule has 4 rings (SSSR count). The SMILES string of the molecule is Cc1c(C(=O)OCc2ccccc2)sc2ncn(CC(=O)Nc3ccc(F)cc3)c(=O)c12. The van der Waals surface area contributed by atoms with Gasteiger partial charge in [0.25, 0.3) is 5.56 Å². The number of nitrogens with zero attached hydrogens (tertiary/aromatic N) is 2. The van der Waals surface area contributed by atoms with Gasteiger partial charge in [0.1, 0.15) is 28.7 Å². The first-order valence-corrected chi connectivity index (χ1v) is 10.5. The topological polar surface area (TPSA) is 90.3 Å². The summed E-state index contributed by atoms with van der Waals surface area (Å²) >= 11 is 1.08. The number of hydrogen-bond donors (Lipinski definition) is 1. The lowest BCUT2D eigenvalue weighted by Crippen LogP contribution is -2.27. The maximum atomic E-state index is 13.0. The molecule has 32 heavy (non-hydrogen) atoms. The minimum atomic E-state index is -0.533. The number of benzene rings is 2. The Morgan fingerprint density at radius 3 is 2.56 bits per heavy atom. The summed E-state index contributed by atoms with van der Waals surface area (Å²) in [5, 5.41) is 2.88. The number of thiophene rings is 1. The Morgan fingerprint density at radius 1 is 1.12 bits per heavy atom.